The zero-order valence-electron chi connectivity index (χ0n) is 15.7. The molecule has 0 radical (unpaired) electrons. The van der Waals surface area contributed by atoms with Crippen LogP contribution in [0, 0.1) is 6.92 Å². The largest absolute Gasteiger partial charge is 0.394 e. The van der Waals surface area contributed by atoms with Crippen LogP contribution in [0.4, 0.5) is 0 Å². The number of aromatic nitrogens is 4. The Labute approximate surface area is 184 Å². The molecule has 160 valence electrons. The van der Waals surface area contributed by atoms with Crippen molar-refractivity contribution in [3.05, 3.63) is 50.0 Å². The Morgan fingerprint density at radius 3 is 2.83 bits per heavy atom. The lowest BCUT2D eigenvalue weighted by molar-refractivity contribution is -0.178. The lowest BCUT2D eigenvalue weighted by atomic mass is 9.97. The molecular weight excluding hydrogens is 452 g/mol. The number of nitrogens with zero attached hydrogens (tertiary/aromatic N) is 3. The van der Waals surface area contributed by atoms with Gasteiger partial charge in [0.25, 0.3) is 0 Å². The molecule has 1 saturated heterocycles. The van der Waals surface area contributed by atoms with E-state index in [0.29, 0.717) is 16.4 Å². The molecule has 1 aromatic carbocycles. The van der Waals surface area contributed by atoms with E-state index in [4.69, 9.17) is 16.3 Å². The van der Waals surface area contributed by atoms with E-state index in [9.17, 15) is 20.1 Å². The molecule has 3 heterocycles. The number of aryl methyl sites for hydroxylation is 1. The number of benzene rings is 1. The van der Waals surface area contributed by atoms with Crippen LogP contribution in [0.2, 0.25) is 5.02 Å². The van der Waals surface area contributed by atoms with Crippen molar-refractivity contribution < 1.29 is 20.1 Å². The van der Waals surface area contributed by atoms with Crippen molar-refractivity contribution in [3.8, 4) is 11.4 Å². The molecule has 4 rings (SSSR count). The molecular formula is C18H19ClN4O5S2. The third-order valence-corrected chi connectivity index (χ3v) is 7.08. The van der Waals surface area contributed by atoms with Gasteiger partial charge in [-0.2, -0.15) is 0 Å². The topological polar surface area (TPSA) is 133 Å². The van der Waals surface area contributed by atoms with Crippen LogP contribution in [-0.4, -0.2) is 65.7 Å². The number of rotatable bonds is 5. The van der Waals surface area contributed by atoms with E-state index in [1.165, 1.54) is 22.6 Å². The smallest absolute Gasteiger partial charge is 0.304 e. The predicted octanol–water partition coefficient (Wildman–Crippen LogP) is 1.43. The molecule has 0 saturated carbocycles. The maximum Gasteiger partial charge on any atom is 0.304 e. The summed E-state index contributed by atoms with van der Waals surface area (Å²) in [6, 6.07) is 4.57. The molecule has 1 aliphatic heterocycles. The highest BCUT2D eigenvalue weighted by Crippen LogP contribution is 2.39. The highest BCUT2D eigenvalue weighted by Gasteiger charge is 2.46. The second-order valence-corrected chi connectivity index (χ2v) is 9.29. The Morgan fingerprint density at radius 1 is 1.37 bits per heavy atom. The van der Waals surface area contributed by atoms with Gasteiger partial charge in [-0.05, 0) is 24.6 Å². The van der Waals surface area contributed by atoms with Gasteiger partial charge in [-0.25, -0.2) is 4.68 Å². The van der Waals surface area contributed by atoms with Crippen molar-refractivity contribution in [2.45, 2.75) is 41.6 Å². The Hall–Kier alpha value is -1.73. The number of nitrogens with one attached hydrogen (secondary N) is 1. The highest BCUT2D eigenvalue weighted by molar-refractivity contribution is 7.99. The zero-order valence-corrected chi connectivity index (χ0v) is 18.1. The van der Waals surface area contributed by atoms with Gasteiger partial charge in [0.1, 0.15) is 35.5 Å². The predicted molar refractivity (Wildman–Crippen MR) is 113 cm³/mol. The second kappa shape index (κ2) is 8.79. The normalized spacial score (nSPS) is 26.8. The first-order chi connectivity index (χ1) is 14.4. The van der Waals surface area contributed by atoms with Gasteiger partial charge < -0.3 is 25.0 Å². The number of aromatic amines is 1. The van der Waals surface area contributed by atoms with E-state index in [0.717, 1.165) is 21.8 Å². The lowest BCUT2D eigenvalue weighted by Gasteiger charge is -2.41. The van der Waals surface area contributed by atoms with Crippen LogP contribution in [0.1, 0.15) is 11.6 Å². The molecule has 0 aliphatic carbocycles. The fraction of sp³-hybridized carbons (Fsp3) is 0.389. The minimum absolute atomic E-state index is 0.223. The van der Waals surface area contributed by atoms with Gasteiger partial charge in [-0.3, -0.25) is 4.79 Å². The first-order valence-corrected chi connectivity index (χ1v) is 11.2. The summed E-state index contributed by atoms with van der Waals surface area (Å²) in [6.07, 6.45) is -1.78. The quantitative estimate of drug-likeness (QED) is 0.440. The third-order valence-electron chi connectivity index (χ3n) is 4.86. The van der Waals surface area contributed by atoms with Gasteiger partial charge in [0.05, 0.1) is 18.5 Å². The van der Waals surface area contributed by atoms with Crippen molar-refractivity contribution >= 4 is 34.7 Å². The molecule has 12 heteroatoms. The number of aliphatic hydroxyl groups excluding tert-OH is 3. The van der Waals surface area contributed by atoms with Gasteiger partial charge in [0.2, 0.25) is 0 Å². The molecule has 0 spiro atoms. The zero-order chi connectivity index (χ0) is 21.4. The summed E-state index contributed by atoms with van der Waals surface area (Å²) >= 11 is 8.43. The number of thiazole rings is 1. The number of hydrogen-bond acceptors (Lipinski definition) is 9. The molecule has 4 N–H and O–H groups in total. The molecule has 2 aromatic heterocycles. The lowest BCUT2D eigenvalue weighted by Crippen LogP contribution is -2.55. The van der Waals surface area contributed by atoms with Crippen molar-refractivity contribution in [1.82, 2.24) is 20.0 Å². The van der Waals surface area contributed by atoms with Gasteiger partial charge >= 0.3 is 4.87 Å². The minimum Gasteiger partial charge on any atom is -0.394 e. The summed E-state index contributed by atoms with van der Waals surface area (Å²) < 4.78 is 7.08. The van der Waals surface area contributed by atoms with Gasteiger partial charge in [0, 0.05) is 15.3 Å². The molecule has 30 heavy (non-hydrogen) atoms. The van der Waals surface area contributed by atoms with Crippen LogP contribution < -0.4 is 4.87 Å². The molecule has 0 amide bonds. The maximum absolute atomic E-state index is 11.4. The molecule has 9 nitrogen and oxygen atoms in total. The first kappa shape index (κ1) is 21.5. The number of H-pyrrole nitrogens is 1. The van der Waals surface area contributed by atoms with Crippen molar-refractivity contribution in [2.75, 3.05) is 6.61 Å². The van der Waals surface area contributed by atoms with E-state index in [-0.39, 0.29) is 4.87 Å². The average Bonchev–Trinajstić information content (AvgIpc) is 3.36. The number of halogens is 1. The van der Waals surface area contributed by atoms with E-state index in [2.05, 4.69) is 15.3 Å². The monoisotopic (exact) mass is 470 g/mol. The Balaban J connectivity index is 1.62. The minimum atomic E-state index is -1.22. The third kappa shape index (κ3) is 4.19. The fourth-order valence-electron chi connectivity index (χ4n) is 3.21. The second-order valence-electron chi connectivity index (χ2n) is 6.87. The van der Waals surface area contributed by atoms with Crippen molar-refractivity contribution in [3.63, 3.8) is 0 Å². The first-order valence-electron chi connectivity index (χ1n) is 9.02. The Kier molecular flexibility index (Phi) is 6.30. The summed E-state index contributed by atoms with van der Waals surface area (Å²) in [4.78, 5) is 14.6. The number of ether oxygens (including phenoxy) is 1. The molecule has 1 fully saturated rings. The van der Waals surface area contributed by atoms with Crippen molar-refractivity contribution in [1.29, 1.82) is 0 Å². The van der Waals surface area contributed by atoms with Crippen molar-refractivity contribution in [2.24, 2.45) is 0 Å². The summed E-state index contributed by atoms with van der Waals surface area (Å²) in [5.74, 6) is 0. The van der Waals surface area contributed by atoms with Crippen LogP contribution in [0.25, 0.3) is 11.4 Å². The van der Waals surface area contributed by atoms with E-state index in [1.807, 2.05) is 19.1 Å². The standard InChI is InChI=1S/C18H19ClN4O5S2/c1-8-2-3-9(4-10(8)19)30-17-16(26)14(15(25)13(6-24)28-17)23-5-11(21-22-23)12-7-29-18(27)20-12/h2-5,7,13-17,24-26H,6H2,1H3,(H,20,27)/t13-,14+,15+,16-,17-/m1/s1. The number of aliphatic hydroxyl groups is 3. The molecule has 5 atom stereocenters. The average molecular weight is 471 g/mol. The Morgan fingerprint density at radius 2 is 2.17 bits per heavy atom. The maximum atomic E-state index is 11.4. The summed E-state index contributed by atoms with van der Waals surface area (Å²) in [5, 5.41) is 41.6. The molecule has 3 aromatic rings. The van der Waals surface area contributed by atoms with Gasteiger partial charge in [-0.1, -0.05) is 46.0 Å². The highest BCUT2D eigenvalue weighted by atomic mass is 35.5. The Bertz CT molecular complexity index is 1090. The summed E-state index contributed by atoms with van der Waals surface area (Å²) in [5.41, 5.74) is 1.03. The number of hydrogen-bond donors (Lipinski definition) is 4. The van der Waals surface area contributed by atoms with E-state index < -0.39 is 36.4 Å². The van der Waals surface area contributed by atoms with Gasteiger partial charge in [0.15, 0.2) is 0 Å². The van der Waals surface area contributed by atoms with E-state index in [1.54, 1.807) is 11.4 Å². The fourth-order valence-corrected chi connectivity index (χ4v) is 5.13. The SMILES string of the molecule is Cc1ccc(S[C@H]2O[C@H](CO)[C@H](O)[C@H](n3cc(-c4csc(=O)[nH]4)nn3)[C@H]2O)cc1Cl. The van der Waals surface area contributed by atoms with Crippen LogP contribution >= 0.6 is 34.7 Å². The molecule has 1 aliphatic rings. The van der Waals surface area contributed by atoms with Crippen LogP contribution in [0.15, 0.2) is 39.5 Å². The molecule has 0 unspecified atom stereocenters. The molecule has 0 bridgehead atoms. The van der Waals surface area contributed by atoms with Crippen LogP contribution in [-0.2, 0) is 4.74 Å². The number of thioether (sulfide) groups is 1. The van der Waals surface area contributed by atoms with Gasteiger partial charge in [-0.15, -0.1) is 5.10 Å². The van der Waals surface area contributed by atoms with Crippen LogP contribution in [0.3, 0.4) is 0 Å². The van der Waals surface area contributed by atoms with E-state index >= 15 is 0 Å². The summed E-state index contributed by atoms with van der Waals surface area (Å²) in [6.45, 7) is 1.45. The summed E-state index contributed by atoms with van der Waals surface area (Å²) in [7, 11) is 0. The van der Waals surface area contributed by atoms with Crippen LogP contribution in [0.5, 0.6) is 0 Å².